The molecule has 2 aromatic rings. The molecule has 3 rings (SSSR count). The van der Waals surface area contributed by atoms with Crippen molar-refractivity contribution >= 4 is 5.91 Å². The zero-order valence-corrected chi connectivity index (χ0v) is 16.4. The summed E-state index contributed by atoms with van der Waals surface area (Å²) in [5.74, 6) is 0.707. The van der Waals surface area contributed by atoms with Gasteiger partial charge in [0.1, 0.15) is 5.69 Å². The van der Waals surface area contributed by atoms with Gasteiger partial charge in [-0.1, -0.05) is 12.1 Å². The summed E-state index contributed by atoms with van der Waals surface area (Å²) in [4.78, 5) is 15.0. The van der Waals surface area contributed by atoms with Crippen molar-refractivity contribution in [2.45, 2.75) is 46.1 Å². The van der Waals surface area contributed by atoms with E-state index in [1.807, 2.05) is 27.8 Å². The smallest absolute Gasteiger partial charge is 0.290 e. The van der Waals surface area contributed by atoms with Crippen molar-refractivity contribution in [3.05, 3.63) is 23.7 Å². The van der Waals surface area contributed by atoms with Gasteiger partial charge in [0.05, 0.1) is 6.20 Å². The number of nitrogens with zero attached hydrogens (tertiary/aromatic N) is 4. The molecule has 1 saturated heterocycles. The van der Waals surface area contributed by atoms with Gasteiger partial charge in [0, 0.05) is 43.0 Å². The highest BCUT2D eigenvalue weighted by Gasteiger charge is 2.28. The van der Waals surface area contributed by atoms with Crippen LogP contribution in [0.5, 0.6) is 0 Å². The van der Waals surface area contributed by atoms with E-state index in [0.717, 1.165) is 36.8 Å². The van der Waals surface area contributed by atoms with Crippen LogP contribution in [0.3, 0.4) is 0 Å². The second kappa shape index (κ2) is 7.23. The van der Waals surface area contributed by atoms with Gasteiger partial charge in [0.15, 0.2) is 0 Å². The number of carbonyl (C=O) groups is 1. The number of rotatable bonds is 5. The van der Waals surface area contributed by atoms with Crippen molar-refractivity contribution < 1.29 is 9.32 Å². The summed E-state index contributed by atoms with van der Waals surface area (Å²) < 4.78 is 7.06. The molecule has 1 aliphatic heterocycles. The molecule has 0 spiro atoms. The molecule has 1 atom stereocenters. The number of nitrogens with one attached hydrogen (secondary N) is 1. The van der Waals surface area contributed by atoms with Crippen LogP contribution in [0.2, 0.25) is 0 Å². The summed E-state index contributed by atoms with van der Waals surface area (Å²) in [5.41, 5.74) is 2.13. The zero-order chi connectivity index (χ0) is 18.9. The van der Waals surface area contributed by atoms with Gasteiger partial charge in [-0.3, -0.25) is 9.48 Å². The summed E-state index contributed by atoms with van der Waals surface area (Å²) in [5, 5.41) is 11.3. The highest BCUT2D eigenvalue weighted by atomic mass is 16.5. The molecule has 2 aromatic heterocycles. The molecule has 0 saturated carbocycles. The maximum atomic E-state index is 12.6. The quantitative estimate of drug-likeness (QED) is 0.888. The van der Waals surface area contributed by atoms with Gasteiger partial charge in [-0.25, -0.2) is 0 Å². The standard InChI is InChI=1S/C19H29N5O2/c1-13-7-6-8-24(11-13)12-19(3,4)21-18(25)17-9-16(22-26-17)15-10-20-23(5)14(15)2/h9-10,13H,6-8,11-12H2,1-5H3,(H,21,25)/t13-/m1/s1. The normalized spacial score (nSPS) is 18.9. The first-order valence-corrected chi connectivity index (χ1v) is 9.26. The van der Waals surface area contributed by atoms with Crippen LogP contribution in [-0.2, 0) is 7.05 Å². The fourth-order valence-electron chi connectivity index (χ4n) is 3.66. The maximum Gasteiger partial charge on any atom is 0.290 e. The van der Waals surface area contributed by atoms with E-state index in [2.05, 4.69) is 27.4 Å². The van der Waals surface area contributed by atoms with Crippen LogP contribution in [0, 0.1) is 12.8 Å². The van der Waals surface area contributed by atoms with Gasteiger partial charge >= 0.3 is 0 Å². The monoisotopic (exact) mass is 359 g/mol. The van der Waals surface area contributed by atoms with Crippen molar-refractivity contribution in [1.29, 1.82) is 0 Å². The van der Waals surface area contributed by atoms with Crippen LogP contribution >= 0.6 is 0 Å². The lowest BCUT2D eigenvalue weighted by atomic mass is 9.97. The number of aryl methyl sites for hydroxylation is 1. The van der Waals surface area contributed by atoms with Gasteiger partial charge in [0.2, 0.25) is 5.76 Å². The lowest BCUT2D eigenvalue weighted by molar-refractivity contribution is 0.0827. The van der Waals surface area contributed by atoms with E-state index >= 15 is 0 Å². The van der Waals surface area contributed by atoms with Gasteiger partial charge in [-0.15, -0.1) is 0 Å². The maximum absolute atomic E-state index is 12.6. The zero-order valence-electron chi connectivity index (χ0n) is 16.4. The van der Waals surface area contributed by atoms with Crippen molar-refractivity contribution in [1.82, 2.24) is 25.2 Å². The molecule has 142 valence electrons. The minimum absolute atomic E-state index is 0.225. The number of likely N-dealkylation sites (tertiary alicyclic amines) is 1. The van der Waals surface area contributed by atoms with Crippen LogP contribution in [-0.4, -0.2) is 50.9 Å². The molecule has 3 heterocycles. The van der Waals surface area contributed by atoms with Crippen LogP contribution in [0.15, 0.2) is 16.8 Å². The Hall–Kier alpha value is -2.15. The Morgan fingerprint density at radius 2 is 2.23 bits per heavy atom. The Morgan fingerprint density at radius 1 is 1.46 bits per heavy atom. The average molecular weight is 359 g/mol. The van der Waals surface area contributed by atoms with Crippen LogP contribution < -0.4 is 5.32 Å². The Morgan fingerprint density at radius 3 is 2.88 bits per heavy atom. The lowest BCUT2D eigenvalue weighted by Crippen LogP contribution is -2.53. The first-order valence-electron chi connectivity index (χ1n) is 9.26. The van der Waals surface area contributed by atoms with Crippen molar-refractivity contribution in [3.63, 3.8) is 0 Å². The minimum Gasteiger partial charge on any atom is -0.350 e. The largest absolute Gasteiger partial charge is 0.350 e. The highest BCUT2D eigenvalue weighted by molar-refractivity contribution is 5.92. The number of aromatic nitrogens is 3. The van der Waals surface area contributed by atoms with E-state index in [-0.39, 0.29) is 17.2 Å². The average Bonchev–Trinajstić information content (AvgIpc) is 3.14. The molecule has 0 radical (unpaired) electrons. The number of hydrogen-bond acceptors (Lipinski definition) is 5. The van der Waals surface area contributed by atoms with Crippen molar-refractivity contribution in [2.24, 2.45) is 13.0 Å². The number of carbonyl (C=O) groups excluding carboxylic acids is 1. The van der Waals surface area contributed by atoms with E-state index in [9.17, 15) is 4.79 Å². The second-order valence-electron chi connectivity index (χ2n) is 8.16. The molecule has 1 N–H and O–H groups in total. The highest BCUT2D eigenvalue weighted by Crippen LogP contribution is 2.23. The number of amides is 1. The lowest BCUT2D eigenvalue weighted by Gasteiger charge is -2.37. The van der Waals surface area contributed by atoms with E-state index in [4.69, 9.17) is 4.52 Å². The van der Waals surface area contributed by atoms with Crippen molar-refractivity contribution in [2.75, 3.05) is 19.6 Å². The molecule has 0 bridgehead atoms. The third-order valence-corrected chi connectivity index (χ3v) is 5.06. The molecule has 0 aromatic carbocycles. The first-order chi connectivity index (χ1) is 12.2. The molecular formula is C19H29N5O2. The summed E-state index contributed by atoms with van der Waals surface area (Å²) >= 11 is 0. The third-order valence-electron chi connectivity index (χ3n) is 5.06. The summed E-state index contributed by atoms with van der Waals surface area (Å²) in [6.07, 6.45) is 4.25. The summed E-state index contributed by atoms with van der Waals surface area (Å²) in [6.45, 7) is 11.3. The molecule has 7 nitrogen and oxygen atoms in total. The molecule has 1 amide bonds. The van der Waals surface area contributed by atoms with E-state index in [0.29, 0.717) is 5.69 Å². The van der Waals surface area contributed by atoms with Gasteiger partial charge in [-0.2, -0.15) is 5.10 Å². The van der Waals surface area contributed by atoms with Gasteiger partial charge in [0.25, 0.3) is 5.91 Å². The number of piperidine rings is 1. The second-order valence-corrected chi connectivity index (χ2v) is 8.16. The van der Waals surface area contributed by atoms with Crippen molar-refractivity contribution in [3.8, 4) is 11.3 Å². The van der Waals surface area contributed by atoms with E-state index in [1.165, 1.54) is 12.8 Å². The van der Waals surface area contributed by atoms with Gasteiger partial charge < -0.3 is 14.7 Å². The Labute approximate surface area is 154 Å². The number of hydrogen-bond donors (Lipinski definition) is 1. The predicted octanol–water partition coefficient (Wildman–Crippen LogP) is 2.62. The fraction of sp³-hybridized carbons (Fsp3) is 0.632. The molecule has 0 unspecified atom stereocenters. The third kappa shape index (κ3) is 4.15. The topological polar surface area (TPSA) is 76.2 Å². The first kappa shape index (κ1) is 18.6. The summed E-state index contributed by atoms with van der Waals surface area (Å²) in [6, 6.07) is 1.68. The SMILES string of the molecule is Cc1c(-c2cc(C(=O)NC(C)(C)CN3CCC[C@@H](C)C3)on2)cnn1C. The van der Waals surface area contributed by atoms with E-state index < -0.39 is 0 Å². The minimum atomic E-state index is -0.342. The Balaban J connectivity index is 1.65. The molecular weight excluding hydrogens is 330 g/mol. The van der Waals surface area contributed by atoms with Crippen LogP contribution in [0.4, 0.5) is 0 Å². The molecule has 0 aliphatic carbocycles. The Kier molecular flexibility index (Phi) is 5.18. The van der Waals surface area contributed by atoms with Crippen LogP contribution in [0.25, 0.3) is 11.3 Å². The molecule has 7 heteroatoms. The summed E-state index contributed by atoms with van der Waals surface area (Å²) in [7, 11) is 1.87. The molecule has 26 heavy (non-hydrogen) atoms. The molecule has 1 fully saturated rings. The Bertz CT molecular complexity index is 777. The van der Waals surface area contributed by atoms with Gasteiger partial charge in [-0.05, 0) is 46.1 Å². The van der Waals surface area contributed by atoms with Crippen LogP contribution in [0.1, 0.15) is 49.9 Å². The molecule has 1 aliphatic rings. The predicted molar refractivity (Wildman–Crippen MR) is 99.8 cm³/mol. The fourth-order valence-corrected chi connectivity index (χ4v) is 3.66. The van der Waals surface area contributed by atoms with E-state index in [1.54, 1.807) is 16.9 Å².